The third-order valence-corrected chi connectivity index (χ3v) is 4.54. The molecule has 0 aliphatic carbocycles. The number of likely N-dealkylation sites (N-methyl/N-ethyl adjacent to an activating group) is 1. The molecule has 2 amide bonds. The minimum Gasteiger partial charge on any atom is -0.326 e. The first kappa shape index (κ1) is 15.5. The maximum absolute atomic E-state index is 11.9. The quantitative estimate of drug-likeness (QED) is 0.850. The Morgan fingerprint density at radius 3 is 2.75 bits per heavy atom. The molecule has 7 heteroatoms. The second kappa shape index (κ2) is 6.70. The van der Waals surface area contributed by atoms with E-state index >= 15 is 0 Å². The van der Waals surface area contributed by atoms with Gasteiger partial charge in [-0.25, -0.2) is 0 Å². The van der Waals surface area contributed by atoms with Gasteiger partial charge in [0.25, 0.3) is 0 Å². The number of halogens is 2. The van der Waals surface area contributed by atoms with Crippen LogP contribution in [0.5, 0.6) is 0 Å². The highest BCUT2D eigenvalue weighted by Crippen LogP contribution is 2.24. The molecule has 1 aliphatic heterocycles. The molecule has 4 nitrogen and oxygen atoms in total. The molecule has 0 spiro atoms. The summed E-state index contributed by atoms with van der Waals surface area (Å²) in [6.45, 7) is 0.553. The van der Waals surface area contributed by atoms with Crippen molar-refractivity contribution < 1.29 is 9.59 Å². The molecular weight excluding hydrogens is 319 g/mol. The second-order valence-electron chi connectivity index (χ2n) is 4.55. The molecule has 0 aromatic heterocycles. The van der Waals surface area contributed by atoms with Gasteiger partial charge in [0.2, 0.25) is 11.8 Å². The molecule has 1 saturated heterocycles. The molecular formula is C13H14Cl2N2O2S. The number of nitrogens with zero attached hydrogens (tertiary/aromatic N) is 2. The molecule has 0 N–H and O–H groups in total. The van der Waals surface area contributed by atoms with Crippen LogP contribution in [-0.4, -0.2) is 47.6 Å². The topological polar surface area (TPSA) is 40.6 Å². The van der Waals surface area contributed by atoms with Crippen LogP contribution < -0.4 is 0 Å². The van der Waals surface area contributed by atoms with E-state index in [1.165, 1.54) is 11.8 Å². The average Bonchev–Trinajstić information content (AvgIpc) is 2.72. The van der Waals surface area contributed by atoms with Crippen LogP contribution in [0.25, 0.3) is 0 Å². The monoisotopic (exact) mass is 332 g/mol. The van der Waals surface area contributed by atoms with Crippen molar-refractivity contribution in [2.45, 2.75) is 5.75 Å². The highest BCUT2D eigenvalue weighted by molar-refractivity contribution is 7.99. The molecule has 1 heterocycles. The van der Waals surface area contributed by atoms with E-state index < -0.39 is 0 Å². The number of hydrogen-bond donors (Lipinski definition) is 0. The van der Waals surface area contributed by atoms with Crippen LogP contribution in [0.3, 0.4) is 0 Å². The number of benzene rings is 1. The molecule has 2 rings (SSSR count). The number of carbonyl (C=O) groups excluding carboxylic acids is 2. The fourth-order valence-corrected chi connectivity index (χ4v) is 3.30. The zero-order valence-corrected chi connectivity index (χ0v) is 13.3. The number of rotatable bonds is 4. The summed E-state index contributed by atoms with van der Waals surface area (Å²) in [5.41, 5.74) is 0.948. The molecule has 1 aliphatic rings. The first-order valence-electron chi connectivity index (χ1n) is 6.01. The van der Waals surface area contributed by atoms with Gasteiger partial charge in [-0.15, -0.1) is 11.8 Å². The summed E-state index contributed by atoms with van der Waals surface area (Å²) < 4.78 is 0. The Kier molecular flexibility index (Phi) is 5.18. The molecule has 1 fully saturated rings. The van der Waals surface area contributed by atoms with Gasteiger partial charge >= 0.3 is 0 Å². The van der Waals surface area contributed by atoms with Crippen LogP contribution in [0, 0.1) is 0 Å². The van der Waals surface area contributed by atoms with Crippen LogP contribution in [0.15, 0.2) is 18.2 Å². The SMILES string of the molecule is CN1CN(C(=O)CSCc2ccc(Cl)cc2Cl)CC1=O. The van der Waals surface area contributed by atoms with Crippen LogP contribution >= 0.6 is 35.0 Å². The molecule has 0 atom stereocenters. The van der Waals surface area contributed by atoms with Crippen molar-refractivity contribution in [3.8, 4) is 0 Å². The third kappa shape index (κ3) is 3.81. The second-order valence-corrected chi connectivity index (χ2v) is 6.38. The van der Waals surface area contributed by atoms with Gasteiger partial charge in [0.05, 0.1) is 12.4 Å². The van der Waals surface area contributed by atoms with Crippen molar-refractivity contribution in [2.75, 3.05) is 26.0 Å². The van der Waals surface area contributed by atoms with E-state index in [9.17, 15) is 9.59 Å². The van der Waals surface area contributed by atoms with Gasteiger partial charge in [0.1, 0.15) is 6.54 Å². The van der Waals surface area contributed by atoms with Crippen molar-refractivity contribution in [2.24, 2.45) is 0 Å². The van der Waals surface area contributed by atoms with Crippen LogP contribution in [0.2, 0.25) is 10.0 Å². The highest BCUT2D eigenvalue weighted by Gasteiger charge is 2.27. The Bertz CT molecular complexity index is 539. The van der Waals surface area contributed by atoms with E-state index in [0.717, 1.165) is 5.56 Å². The number of carbonyl (C=O) groups is 2. The predicted molar refractivity (Wildman–Crippen MR) is 82.0 cm³/mol. The van der Waals surface area contributed by atoms with Gasteiger partial charge in [-0.05, 0) is 17.7 Å². The Morgan fingerprint density at radius 2 is 2.15 bits per heavy atom. The van der Waals surface area contributed by atoms with Crippen molar-refractivity contribution in [3.05, 3.63) is 33.8 Å². The van der Waals surface area contributed by atoms with Crippen LogP contribution in [0.4, 0.5) is 0 Å². The fraction of sp³-hybridized carbons (Fsp3) is 0.385. The van der Waals surface area contributed by atoms with Crippen molar-refractivity contribution in [1.82, 2.24) is 9.80 Å². The summed E-state index contributed by atoms with van der Waals surface area (Å²) in [6.07, 6.45) is 0. The molecule has 20 heavy (non-hydrogen) atoms. The lowest BCUT2D eigenvalue weighted by atomic mass is 10.2. The summed E-state index contributed by atoms with van der Waals surface area (Å²) in [4.78, 5) is 26.4. The summed E-state index contributed by atoms with van der Waals surface area (Å²) in [7, 11) is 1.69. The van der Waals surface area contributed by atoms with E-state index in [0.29, 0.717) is 28.2 Å². The molecule has 1 aromatic rings. The van der Waals surface area contributed by atoms with Crippen molar-refractivity contribution in [1.29, 1.82) is 0 Å². The summed E-state index contributed by atoms with van der Waals surface area (Å²) >= 11 is 13.4. The highest BCUT2D eigenvalue weighted by atomic mass is 35.5. The Hall–Kier alpha value is -0.910. The van der Waals surface area contributed by atoms with Gasteiger partial charge in [0.15, 0.2) is 0 Å². The zero-order chi connectivity index (χ0) is 14.7. The molecule has 0 radical (unpaired) electrons. The van der Waals surface area contributed by atoms with Gasteiger partial charge in [0, 0.05) is 22.8 Å². The molecule has 0 saturated carbocycles. The Morgan fingerprint density at radius 1 is 1.40 bits per heavy atom. The number of amides is 2. The molecule has 0 unspecified atom stereocenters. The lowest BCUT2D eigenvalue weighted by molar-refractivity contribution is -0.129. The predicted octanol–water partition coefficient (Wildman–Crippen LogP) is 2.48. The zero-order valence-electron chi connectivity index (χ0n) is 10.9. The maximum Gasteiger partial charge on any atom is 0.243 e. The summed E-state index contributed by atoms with van der Waals surface area (Å²) in [5, 5.41) is 1.20. The Balaban J connectivity index is 1.81. The lowest BCUT2D eigenvalue weighted by Crippen LogP contribution is -2.31. The van der Waals surface area contributed by atoms with Crippen LogP contribution in [-0.2, 0) is 15.3 Å². The van der Waals surface area contributed by atoms with Crippen LogP contribution in [0.1, 0.15) is 5.56 Å². The smallest absolute Gasteiger partial charge is 0.243 e. The largest absolute Gasteiger partial charge is 0.326 e. The fourth-order valence-electron chi connectivity index (χ4n) is 1.81. The van der Waals surface area contributed by atoms with E-state index in [4.69, 9.17) is 23.2 Å². The normalized spacial score (nSPS) is 15.1. The van der Waals surface area contributed by atoms with E-state index in [2.05, 4.69) is 0 Å². The van der Waals surface area contributed by atoms with Gasteiger partial charge in [-0.2, -0.15) is 0 Å². The van der Waals surface area contributed by atoms with E-state index in [1.807, 2.05) is 6.07 Å². The first-order chi connectivity index (χ1) is 9.47. The summed E-state index contributed by atoms with van der Waals surface area (Å²) in [5.74, 6) is 0.918. The molecule has 0 bridgehead atoms. The maximum atomic E-state index is 11.9. The number of hydrogen-bond acceptors (Lipinski definition) is 3. The summed E-state index contributed by atoms with van der Waals surface area (Å²) in [6, 6.07) is 5.32. The van der Waals surface area contributed by atoms with Crippen molar-refractivity contribution in [3.63, 3.8) is 0 Å². The molecule has 108 valence electrons. The van der Waals surface area contributed by atoms with Gasteiger partial charge < -0.3 is 9.80 Å². The number of thioether (sulfide) groups is 1. The molecule has 1 aromatic carbocycles. The first-order valence-corrected chi connectivity index (χ1v) is 7.92. The minimum absolute atomic E-state index is 0.0240. The Labute approximate surface area is 132 Å². The van der Waals surface area contributed by atoms with Crippen molar-refractivity contribution >= 4 is 46.8 Å². The van der Waals surface area contributed by atoms with Gasteiger partial charge in [-0.1, -0.05) is 29.3 Å². The van der Waals surface area contributed by atoms with Gasteiger partial charge in [-0.3, -0.25) is 9.59 Å². The minimum atomic E-state index is -0.0298. The lowest BCUT2D eigenvalue weighted by Gasteiger charge is -2.14. The van der Waals surface area contributed by atoms with E-state index in [-0.39, 0.29) is 18.4 Å². The standard InChI is InChI=1S/C13H14Cl2N2O2S/c1-16-8-17(5-12(16)18)13(19)7-20-6-9-2-3-10(14)4-11(9)15/h2-4H,5-8H2,1H3. The van der Waals surface area contributed by atoms with E-state index in [1.54, 1.807) is 29.0 Å². The average molecular weight is 333 g/mol. The third-order valence-electron chi connectivity index (χ3n) is 2.99.